The second-order valence-electron chi connectivity index (χ2n) is 3.42. The van der Waals surface area contributed by atoms with E-state index >= 15 is 0 Å². The van der Waals surface area contributed by atoms with Gasteiger partial charge in [-0.1, -0.05) is 6.58 Å². The number of nitrogens with zero attached hydrogens (tertiary/aromatic N) is 3. The Hall–Kier alpha value is -0.830. The Morgan fingerprint density at radius 3 is 2.67 bits per heavy atom. The molecule has 1 fully saturated rings. The molecular formula is C9H17N3. The maximum absolute atomic E-state index is 4.37. The smallest absolute Gasteiger partial charge is 0.118 e. The molecule has 12 heavy (non-hydrogen) atoms. The van der Waals surface area contributed by atoms with Crippen LogP contribution in [-0.2, 0) is 0 Å². The Morgan fingerprint density at radius 2 is 2.08 bits per heavy atom. The number of hydrogen-bond donors (Lipinski definition) is 0. The average Bonchev–Trinajstić information content (AvgIpc) is 1.96. The van der Waals surface area contributed by atoms with Gasteiger partial charge in [0.1, 0.15) is 5.84 Å². The van der Waals surface area contributed by atoms with Crippen LogP contribution >= 0.6 is 0 Å². The van der Waals surface area contributed by atoms with Crippen LogP contribution in [0.4, 0.5) is 0 Å². The molecule has 0 amide bonds. The number of aliphatic imine (C=N–C) groups is 1. The third-order valence-corrected chi connectivity index (χ3v) is 1.99. The standard InChI is InChI=1S/C9H17N3/c1-8(2)10-9-7-11(3)5-6-12(9)4/h1,5-7H2,2-4H3. The molecule has 3 heteroatoms. The Morgan fingerprint density at radius 1 is 1.42 bits per heavy atom. The fourth-order valence-corrected chi connectivity index (χ4v) is 1.23. The van der Waals surface area contributed by atoms with Gasteiger partial charge in [0.05, 0.1) is 6.54 Å². The van der Waals surface area contributed by atoms with Gasteiger partial charge in [-0.2, -0.15) is 0 Å². The molecular weight excluding hydrogens is 150 g/mol. The van der Waals surface area contributed by atoms with Crippen molar-refractivity contribution in [2.75, 3.05) is 33.7 Å². The number of hydrogen-bond acceptors (Lipinski definition) is 2. The molecule has 68 valence electrons. The summed E-state index contributed by atoms with van der Waals surface area (Å²) in [5.41, 5.74) is 0.882. The van der Waals surface area contributed by atoms with Gasteiger partial charge in [-0.25, -0.2) is 4.99 Å². The summed E-state index contributed by atoms with van der Waals surface area (Å²) in [6, 6.07) is 0. The lowest BCUT2D eigenvalue weighted by Gasteiger charge is -2.32. The fraction of sp³-hybridized carbons (Fsp3) is 0.667. The van der Waals surface area contributed by atoms with E-state index in [1.807, 2.05) is 6.92 Å². The summed E-state index contributed by atoms with van der Waals surface area (Å²) in [5, 5.41) is 0. The van der Waals surface area contributed by atoms with Crippen molar-refractivity contribution < 1.29 is 0 Å². The first kappa shape index (κ1) is 9.26. The number of allylic oxidation sites excluding steroid dienone is 1. The lowest BCUT2D eigenvalue weighted by molar-refractivity contribution is 0.288. The first-order valence-electron chi connectivity index (χ1n) is 4.22. The fourth-order valence-electron chi connectivity index (χ4n) is 1.23. The molecule has 0 bridgehead atoms. The van der Waals surface area contributed by atoms with Gasteiger partial charge in [-0.3, -0.25) is 4.90 Å². The van der Waals surface area contributed by atoms with Crippen LogP contribution in [0.5, 0.6) is 0 Å². The highest BCUT2D eigenvalue weighted by Gasteiger charge is 2.15. The minimum atomic E-state index is 0.882. The van der Waals surface area contributed by atoms with E-state index in [1.165, 1.54) is 0 Å². The number of rotatable bonds is 1. The predicted molar refractivity (Wildman–Crippen MR) is 52.4 cm³/mol. The molecule has 0 N–H and O–H groups in total. The molecule has 0 aromatic carbocycles. The molecule has 0 atom stereocenters. The van der Waals surface area contributed by atoms with Crippen LogP contribution in [0.1, 0.15) is 6.92 Å². The summed E-state index contributed by atoms with van der Waals surface area (Å²) in [7, 11) is 4.19. The zero-order valence-corrected chi connectivity index (χ0v) is 8.17. The zero-order valence-electron chi connectivity index (χ0n) is 8.17. The molecule has 0 spiro atoms. The van der Waals surface area contributed by atoms with Crippen LogP contribution in [0.3, 0.4) is 0 Å². The summed E-state index contributed by atoms with van der Waals surface area (Å²) < 4.78 is 0. The molecule has 0 radical (unpaired) electrons. The normalized spacial score (nSPS) is 23.2. The van der Waals surface area contributed by atoms with Gasteiger partial charge in [0.25, 0.3) is 0 Å². The second kappa shape index (κ2) is 3.72. The van der Waals surface area contributed by atoms with Crippen molar-refractivity contribution in [1.29, 1.82) is 0 Å². The summed E-state index contributed by atoms with van der Waals surface area (Å²) >= 11 is 0. The highest BCUT2D eigenvalue weighted by molar-refractivity contribution is 5.85. The van der Waals surface area contributed by atoms with Gasteiger partial charge >= 0.3 is 0 Å². The van der Waals surface area contributed by atoms with Gasteiger partial charge in [0, 0.05) is 25.8 Å². The molecule has 1 heterocycles. The first-order chi connectivity index (χ1) is 5.59. The lowest BCUT2D eigenvalue weighted by Crippen LogP contribution is -2.46. The average molecular weight is 167 g/mol. The summed E-state index contributed by atoms with van der Waals surface area (Å²) in [5.74, 6) is 1.12. The largest absolute Gasteiger partial charge is 0.361 e. The van der Waals surface area contributed by atoms with Crippen LogP contribution in [0.15, 0.2) is 17.3 Å². The van der Waals surface area contributed by atoms with Crippen LogP contribution in [0, 0.1) is 0 Å². The van der Waals surface area contributed by atoms with Crippen molar-refractivity contribution >= 4 is 5.84 Å². The summed E-state index contributed by atoms with van der Waals surface area (Å²) in [6.45, 7) is 8.81. The molecule has 1 aliphatic rings. The minimum Gasteiger partial charge on any atom is -0.361 e. The topological polar surface area (TPSA) is 18.8 Å². The molecule has 1 rings (SSSR count). The minimum absolute atomic E-state index is 0.882. The van der Waals surface area contributed by atoms with Crippen molar-refractivity contribution in [2.45, 2.75) is 6.92 Å². The number of likely N-dealkylation sites (N-methyl/N-ethyl adjacent to an activating group) is 2. The Kier molecular flexibility index (Phi) is 2.87. The molecule has 3 nitrogen and oxygen atoms in total. The van der Waals surface area contributed by atoms with Crippen molar-refractivity contribution in [3.63, 3.8) is 0 Å². The molecule has 0 unspecified atom stereocenters. The van der Waals surface area contributed by atoms with Crippen LogP contribution in [0.2, 0.25) is 0 Å². The van der Waals surface area contributed by atoms with Crippen molar-refractivity contribution in [3.8, 4) is 0 Å². The van der Waals surface area contributed by atoms with Crippen LogP contribution in [0.25, 0.3) is 0 Å². The van der Waals surface area contributed by atoms with Crippen molar-refractivity contribution in [3.05, 3.63) is 12.3 Å². The monoisotopic (exact) mass is 167 g/mol. The lowest BCUT2D eigenvalue weighted by atomic mass is 10.3. The van der Waals surface area contributed by atoms with Gasteiger partial charge in [-0.15, -0.1) is 0 Å². The van der Waals surface area contributed by atoms with E-state index in [1.54, 1.807) is 0 Å². The molecule has 0 aromatic rings. The maximum atomic E-state index is 4.37. The van der Waals surface area contributed by atoms with E-state index in [0.717, 1.165) is 31.2 Å². The third kappa shape index (κ3) is 2.34. The molecule has 0 saturated carbocycles. The predicted octanol–water partition coefficient (Wildman–Crippen LogP) is 0.796. The van der Waals surface area contributed by atoms with E-state index in [9.17, 15) is 0 Å². The Balaban J connectivity index is 2.66. The Labute approximate surface area is 74.4 Å². The van der Waals surface area contributed by atoms with E-state index in [-0.39, 0.29) is 0 Å². The van der Waals surface area contributed by atoms with Crippen LogP contribution < -0.4 is 0 Å². The highest BCUT2D eigenvalue weighted by Crippen LogP contribution is 2.02. The van der Waals surface area contributed by atoms with Gasteiger partial charge < -0.3 is 4.90 Å². The quantitative estimate of drug-likeness (QED) is 0.575. The molecule has 0 aliphatic carbocycles. The summed E-state index contributed by atoms with van der Waals surface area (Å²) in [4.78, 5) is 8.83. The summed E-state index contributed by atoms with van der Waals surface area (Å²) in [6.07, 6.45) is 0. The number of amidine groups is 1. The SMILES string of the molecule is C=C(C)N=C1CN(C)CCN1C. The first-order valence-corrected chi connectivity index (χ1v) is 4.22. The molecule has 1 aliphatic heterocycles. The second-order valence-corrected chi connectivity index (χ2v) is 3.42. The van der Waals surface area contributed by atoms with Crippen molar-refractivity contribution in [1.82, 2.24) is 9.80 Å². The molecule has 0 aromatic heterocycles. The van der Waals surface area contributed by atoms with Gasteiger partial charge in [0.2, 0.25) is 0 Å². The number of piperazine rings is 1. The third-order valence-electron chi connectivity index (χ3n) is 1.99. The maximum Gasteiger partial charge on any atom is 0.118 e. The van der Waals surface area contributed by atoms with E-state index in [2.05, 4.69) is 35.5 Å². The highest BCUT2D eigenvalue weighted by atomic mass is 15.3. The van der Waals surface area contributed by atoms with Crippen LogP contribution in [-0.4, -0.2) is 49.4 Å². The molecule has 1 saturated heterocycles. The van der Waals surface area contributed by atoms with E-state index in [4.69, 9.17) is 0 Å². The van der Waals surface area contributed by atoms with E-state index in [0.29, 0.717) is 0 Å². The van der Waals surface area contributed by atoms with Gasteiger partial charge in [0.15, 0.2) is 0 Å². The zero-order chi connectivity index (χ0) is 9.14. The Bertz CT molecular complexity index is 208. The van der Waals surface area contributed by atoms with Crippen molar-refractivity contribution in [2.24, 2.45) is 4.99 Å². The van der Waals surface area contributed by atoms with Gasteiger partial charge in [-0.05, 0) is 14.0 Å². The van der Waals surface area contributed by atoms with E-state index < -0.39 is 0 Å².